The van der Waals surface area contributed by atoms with Gasteiger partial charge in [0.1, 0.15) is 23.3 Å². The molecule has 0 aromatic heterocycles. The summed E-state index contributed by atoms with van der Waals surface area (Å²) in [5.74, 6) is -1.18. The summed E-state index contributed by atoms with van der Waals surface area (Å²) >= 11 is 0. The molecular formula is C78H42F4. The Labute approximate surface area is 469 Å². The van der Waals surface area contributed by atoms with Crippen LogP contribution in [0.4, 0.5) is 17.6 Å². The lowest BCUT2D eigenvalue weighted by atomic mass is 9.82. The van der Waals surface area contributed by atoms with Gasteiger partial charge in [0.25, 0.3) is 0 Å². The highest BCUT2D eigenvalue weighted by Gasteiger charge is 2.34. The third-order valence-corrected chi connectivity index (χ3v) is 17.6. The standard InChI is InChI=1S/C78H42F4/c79-47-31-23-43(24-32-47)67-51-11-1-3-13-53(51)69(45-27-35-49(81)36-28-45)77-65-41-39-61(59-19-9-21-63(73(59)65)75(67)77)71-55-15-5-7-17-57(55)72(58-18-8-6-16-56(58)71)62-40-42-66-74-60(62)20-10-22-64(74)76-68(44-25-33-48(80)34-26-44)52-12-2-4-14-54(52)70(78(66)76)46-29-37-50(82)38-30-46/h1-42H. The van der Waals surface area contributed by atoms with Crippen LogP contribution in [0, 0.1) is 23.3 Å². The van der Waals surface area contributed by atoms with Crippen molar-refractivity contribution in [1.82, 2.24) is 0 Å². The molecule has 15 aromatic rings. The second-order valence-electron chi connectivity index (χ2n) is 21.7. The zero-order valence-corrected chi connectivity index (χ0v) is 43.8. The van der Waals surface area contributed by atoms with E-state index in [1.807, 2.05) is 48.5 Å². The van der Waals surface area contributed by atoms with E-state index in [4.69, 9.17) is 0 Å². The molecule has 0 aliphatic heterocycles. The Morgan fingerprint density at radius 1 is 0.146 bits per heavy atom. The van der Waals surface area contributed by atoms with Gasteiger partial charge in [-0.25, -0.2) is 17.6 Å². The Morgan fingerprint density at radius 2 is 0.354 bits per heavy atom. The predicted molar refractivity (Wildman–Crippen MR) is 333 cm³/mol. The van der Waals surface area contributed by atoms with E-state index < -0.39 is 0 Å². The maximum absolute atomic E-state index is 14.8. The molecule has 0 N–H and O–H groups in total. The molecule has 17 rings (SSSR count). The van der Waals surface area contributed by atoms with Gasteiger partial charge in [0.2, 0.25) is 0 Å². The van der Waals surface area contributed by atoms with Gasteiger partial charge in [-0.1, -0.05) is 206 Å². The molecule has 0 saturated carbocycles. The van der Waals surface area contributed by atoms with Crippen molar-refractivity contribution in [3.8, 4) is 111 Å². The second-order valence-corrected chi connectivity index (χ2v) is 21.7. The number of halogens is 4. The lowest BCUT2D eigenvalue weighted by Crippen LogP contribution is -1.94. The molecule has 0 saturated heterocycles. The van der Waals surface area contributed by atoms with Crippen LogP contribution in [0.3, 0.4) is 0 Å². The molecule has 0 spiro atoms. The molecule has 0 nitrogen and oxygen atoms in total. The molecule has 0 unspecified atom stereocenters. The van der Waals surface area contributed by atoms with Gasteiger partial charge >= 0.3 is 0 Å². The van der Waals surface area contributed by atoms with Crippen molar-refractivity contribution in [3.63, 3.8) is 0 Å². The number of hydrogen-bond donors (Lipinski definition) is 0. The minimum absolute atomic E-state index is 0.296. The number of benzene rings is 15. The normalized spacial score (nSPS) is 12.1. The lowest BCUT2D eigenvalue weighted by molar-refractivity contribution is 0.627. The maximum atomic E-state index is 14.8. The SMILES string of the molecule is Fc1ccc(-c2c3c(c(-c4ccc(F)cc4)c4ccccc24)-c2ccc(-c4c5ccccc5c(-c5ccc6c7c(cccc57)-c5c-6c(-c6ccc(F)cc6)c6ccccc6c5-c5ccc(F)cc5)c5ccccc45)c4cccc-3c24)cc1. The Bertz CT molecular complexity index is 4680. The van der Waals surface area contributed by atoms with E-state index in [1.165, 1.54) is 48.5 Å². The molecule has 0 atom stereocenters. The van der Waals surface area contributed by atoms with Gasteiger partial charge in [0.15, 0.2) is 0 Å². The first-order chi connectivity index (χ1) is 40.4. The minimum atomic E-state index is -0.296. The highest BCUT2D eigenvalue weighted by Crippen LogP contribution is 2.62. The minimum Gasteiger partial charge on any atom is -0.207 e. The number of hydrogen-bond acceptors (Lipinski definition) is 0. The van der Waals surface area contributed by atoms with Crippen LogP contribution >= 0.6 is 0 Å². The van der Waals surface area contributed by atoms with Crippen molar-refractivity contribution in [2.24, 2.45) is 0 Å². The van der Waals surface area contributed by atoms with E-state index in [-0.39, 0.29) is 23.3 Å². The monoisotopic (exact) mass is 1050 g/mol. The highest BCUT2D eigenvalue weighted by molar-refractivity contribution is 6.34. The first kappa shape index (κ1) is 46.5. The van der Waals surface area contributed by atoms with Crippen molar-refractivity contribution in [3.05, 3.63) is 278 Å². The predicted octanol–water partition coefficient (Wildman–Crippen LogP) is 22.5. The number of rotatable bonds is 6. The summed E-state index contributed by atoms with van der Waals surface area (Å²) in [7, 11) is 0. The van der Waals surface area contributed by atoms with Gasteiger partial charge < -0.3 is 0 Å². The van der Waals surface area contributed by atoms with Crippen molar-refractivity contribution in [1.29, 1.82) is 0 Å². The van der Waals surface area contributed by atoms with E-state index in [9.17, 15) is 17.6 Å². The quantitative estimate of drug-likeness (QED) is 0.115. The maximum Gasteiger partial charge on any atom is 0.123 e. The molecule has 382 valence electrons. The highest BCUT2D eigenvalue weighted by atomic mass is 19.1. The molecule has 0 amide bonds. The fraction of sp³-hybridized carbons (Fsp3) is 0. The molecule has 4 heteroatoms. The molecule has 0 bridgehead atoms. The van der Waals surface area contributed by atoms with E-state index in [0.717, 1.165) is 176 Å². The Balaban J connectivity index is 0.929. The van der Waals surface area contributed by atoms with Crippen molar-refractivity contribution in [2.45, 2.75) is 0 Å². The summed E-state index contributed by atoms with van der Waals surface area (Å²) in [5.41, 5.74) is 20.9. The van der Waals surface area contributed by atoms with Gasteiger partial charge in [-0.2, -0.15) is 0 Å². The van der Waals surface area contributed by atoms with Crippen LogP contribution in [-0.4, -0.2) is 0 Å². The van der Waals surface area contributed by atoms with Crippen LogP contribution < -0.4 is 0 Å². The summed E-state index contributed by atoms with van der Waals surface area (Å²) < 4.78 is 59.0. The molecule has 0 radical (unpaired) electrons. The summed E-state index contributed by atoms with van der Waals surface area (Å²) in [6.45, 7) is 0. The Kier molecular flexibility index (Phi) is 9.94. The summed E-state index contributed by atoms with van der Waals surface area (Å²) in [5, 5.41) is 13.1. The third kappa shape index (κ3) is 6.55. The van der Waals surface area contributed by atoms with Crippen LogP contribution in [0.1, 0.15) is 0 Å². The van der Waals surface area contributed by atoms with Crippen molar-refractivity contribution >= 4 is 64.6 Å². The fourth-order valence-corrected chi connectivity index (χ4v) is 14.4. The van der Waals surface area contributed by atoms with Crippen molar-refractivity contribution < 1.29 is 17.6 Å². The first-order valence-electron chi connectivity index (χ1n) is 27.7. The van der Waals surface area contributed by atoms with Gasteiger partial charge in [-0.05, 0) is 224 Å². The van der Waals surface area contributed by atoms with Gasteiger partial charge in [-0.3, -0.25) is 0 Å². The van der Waals surface area contributed by atoms with Gasteiger partial charge in [0.05, 0.1) is 0 Å². The van der Waals surface area contributed by atoms with E-state index in [0.29, 0.717) is 0 Å². The van der Waals surface area contributed by atoms with Crippen LogP contribution in [0.5, 0.6) is 0 Å². The lowest BCUT2D eigenvalue weighted by Gasteiger charge is -2.21. The topological polar surface area (TPSA) is 0 Å². The van der Waals surface area contributed by atoms with Crippen LogP contribution in [-0.2, 0) is 0 Å². The first-order valence-corrected chi connectivity index (χ1v) is 27.7. The summed E-state index contributed by atoms with van der Waals surface area (Å²) in [6, 6.07) is 84.1. The second kappa shape index (κ2) is 17.5. The molecule has 0 heterocycles. The molecule has 0 fully saturated rings. The van der Waals surface area contributed by atoms with E-state index in [1.54, 1.807) is 0 Å². The van der Waals surface area contributed by atoms with Crippen LogP contribution in [0.15, 0.2) is 255 Å². The molecule has 2 aliphatic rings. The fourth-order valence-electron chi connectivity index (χ4n) is 14.4. The van der Waals surface area contributed by atoms with Crippen LogP contribution in [0.25, 0.3) is 176 Å². The molecule has 15 aromatic carbocycles. The molecule has 82 heavy (non-hydrogen) atoms. The zero-order valence-electron chi connectivity index (χ0n) is 43.8. The average Bonchev–Trinajstić information content (AvgIpc) is 2.94. The average molecular weight is 1060 g/mol. The van der Waals surface area contributed by atoms with E-state index >= 15 is 0 Å². The third-order valence-electron chi connectivity index (χ3n) is 17.6. The summed E-state index contributed by atoms with van der Waals surface area (Å²) in [4.78, 5) is 0. The largest absolute Gasteiger partial charge is 0.207 e. The smallest absolute Gasteiger partial charge is 0.123 e. The van der Waals surface area contributed by atoms with Crippen molar-refractivity contribution in [2.75, 3.05) is 0 Å². The summed E-state index contributed by atoms with van der Waals surface area (Å²) in [6.07, 6.45) is 0. The Hall–Kier alpha value is -10.4. The molecular weight excluding hydrogens is 1010 g/mol. The van der Waals surface area contributed by atoms with Crippen LogP contribution in [0.2, 0.25) is 0 Å². The zero-order chi connectivity index (χ0) is 54.5. The van der Waals surface area contributed by atoms with Gasteiger partial charge in [0, 0.05) is 0 Å². The van der Waals surface area contributed by atoms with Gasteiger partial charge in [-0.15, -0.1) is 0 Å². The number of fused-ring (bicyclic) bond motifs is 10. The van der Waals surface area contributed by atoms with E-state index in [2.05, 4.69) is 158 Å². The Morgan fingerprint density at radius 3 is 0.610 bits per heavy atom. The molecule has 2 aliphatic carbocycles.